The molecule has 80 valence electrons. The van der Waals surface area contributed by atoms with Crippen molar-refractivity contribution in [3.05, 3.63) is 22.4 Å². The van der Waals surface area contributed by atoms with Gasteiger partial charge in [0.1, 0.15) is 6.33 Å². The predicted octanol–water partition coefficient (Wildman–Crippen LogP) is 1.68. The summed E-state index contributed by atoms with van der Waals surface area (Å²) in [5, 5.41) is 14.2. The quantitative estimate of drug-likeness (QED) is 0.856. The van der Waals surface area contributed by atoms with Gasteiger partial charge in [0.15, 0.2) is 0 Å². The van der Waals surface area contributed by atoms with E-state index in [1.54, 1.807) is 17.7 Å². The molecule has 0 aliphatic heterocycles. The van der Waals surface area contributed by atoms with Crippen LogP contribution in [0.1, 0.15) is 17.6 Å². The Morgan fingerprint density at radius 1 is 1.53 bits per heavy atom. The largest absolute Gasteiger partial charge is 0.349 e. The van der Waals surface area contributed by atoms with Crippen molar-refractivity contribution < 1.29 is 0 Å². The molecular weight excluding hydrogens is 210 g/mol. The second-order valence-electron chi connectivity index (χ2n) is 3.15. The molecule has 0 radical (unpaired) electrons. The molecule has 2 aromatic rings. The zero-order valence-corrected chi connectivity index (χ0v) is 9.58. The van der Waals surface area contributed by atoms with Crippen LogP contribution in [-0.4, -0.2) is 19.7 Å². The summed E-state index contributed by atoms with van der Waals surface area (Å²) in [6.45, 7) is 5.62. The van der Waals surface area contributed by atoms with E-state index < -0.39 is 0 Å². The first-order chi connectivity index (χ1) is 7.29. The highest BCUT2D eigenvalue weighted by molar-refractivity contribution is 7.09. The predicted molar refractivity (Wildman–Crippen MR) is 59.9 cm³/mol. The van der Waals surface area contributed by atoms with E-state index in [2.05, 4.69) is 32.8 Å². The molecule has 6 heteroatoms. The Morgan fingerprint density at radius 3 is 3.07 bits per heavy atom. The third-order valence-corrected chi connectivity index (χ3v) is 2.87. The molecule has 0 atom stereocenters. The van der Waals surface area contributed by atoms with Crippen LogP contribution < -0.4 is 5.32 Å². The highest BCUT2D eigenvalue weighted by Gasteiger charge is 2.03. The molecule has 0 spiro atoms. The summed E-state index contributed by atoms with van der Waals surface area (Å²) in [5.41, 5.74) is 1.04. The van der Waals surface area contributed by atoms with Gasteiger partial charge in [0.25, 0.3) is 0 Å². The first kappa shape index (κ1) is 10.1. The standard InChI is InChI=1S/C9H13N5S/c1-3-14-6-11-13-9(14)10-4-8-5-15-7(2)12-8/h5-6H,3-4H2,1-2H3,(H,10,13). The fraction of sp³-hybridized carbons (Fsp3) is 0.444. The Kier molecular flexibility index (Phi) is 2.96. The van der Waals surface area contributed by atoms with E-state index in [4.69, 9.17) is 0 Å². The minimum Gasteiger partial charge on any atom is -0.349 e. The zero-order chi connectivity index (χ0) is 10.7. The van der Waals surface area contributed by atoms with Gasteiger partial charge in [0.05, 0.1) is 17.2 Å². The van der Waals surface area contributed by atoms with Crippen LogP contribution >= 0.6 is 11.3 Å². The number of hydrogen-bond acceptors (Lipinski definition) is 5. The maximum absolute atomic E-state index is 4.36. The Bertz CT molecular complexity index is 433. The van der Waals surface area contributed by atoms with Crippen molar-refractivity contribution >= 4 is 17.3 Å². The number of aromatic nitrogens is 4. The number of rotatable bonds is 4. The first-order valence-electron chi connectivity index (χ1n) is 4.82. The van der Waals surface area contributed by atoms with Crippen LogP contribution in [-0.2, 0) is 13.1 Å². The third kappa shape index (κ3) is 2.33. The van der Waals surface area contributed by atoms with E-state index in [0.29, 0.717) is 6.54 Å². The van der Waals surface area contributed by atoms with E-state index in [0.717, 1.165) is 23.2 Å². The number of hydrogen-bond donors (Lipinski definition) is 1. The van der Waals surface area contributed by atoms with Gasteiger partial charge in [-0.05, 0) is 13.8 Å². The maximum atomic E-state index is 4.36. The fourth-order valence-electron chi connectivity index (χ4n) is 1.28. The average molecular weight is 223 g/mol. The molecule has 15 heavy (non-hydrogen) atoms. The molecular formula is C9H13N5S. The van der Waals surface area contributed by atoms with Gasteiger partial charge in [-0.15, -0.1) is 21.5 Å². The molecule has 5 nitrogen and oxygen atoms in total. The molecule has 0 amide bonds. The lowest BCUT2D eigenvalue weighted by Crippen LogP contribution is -2.06. The zero-order valence-electron chi connectivity index (χ0n) is 8.77. The summed E-state index contributed by atoms with van der Waals surface area (Å²) in [4.78, 5) is 4.36. The van der Waals surface area contributed by atoms with E-state index in [-0.39, 0.29) is 0 Å². The van der Waals surface area contributed by atoms with Crippen molar-refractivity contribution in [1.29, 1.82) is 0 Å². The third-order valence-electron chi connectivity index (χ3n) is 2.05. The Morgan fingerprint density at radius 2 is 2.40 bits per heavy atom. The Balaban J connectivity index is 1.98. The van der Waals surface area contributed by atoms with Gasteiger partial charge < -0.3 is 9.88 Å². The number of nitrogens with one attached hydrogen (secondary N) is 1. The van der Waals surface area contributed by atoms with Crippen molar-refractivity contribution in [1.82, 2.24) is 19.7 Å². The maximum Gasteiger partial charge on any atom is 0.224 e. The molecule has 0 saturated carbocycles. The fourth-order valence-corrected chi connectivity index (χ4v) is 1.89. The summed E-state index contributed by atoms with van der Waals surface area (Å²) in [5.74, 6) is 0.795. The van der Waals surface area contributed by atoms with Crippen molar-refractivity contribution in [3.8, 4) is 0 Å². The first-order valence-corrected chi connectivity index (χ1v) is 5.70. The monoisotopic (exact) mass is 223 g/mol. The highest BCUT2D eigenvalue weighted by atomic mass is 32.1. The summed E-state index contributed by atoms with van der Waals surface area (Å²) >= 11 is 1.66. The van der Waals surface area contributed by atoms with Crippen LogP contribution in [0.2, 0.25) is 0 Å². The smallest absolute Gasteiger partial charge is 0.224 e. The summed E-state index contributed by atoms with van der Waals surface area (Å²) < 4.78 is 1.96. The second-order valence-corrected chi connectivity index (χ2v) is 4.21. The van der Waals surface area contributed by atoms with Crippen molar-refractivity contribution in [2.75, 3.05) is 5.32 Å². The van der Waals surface area contributed by atoms with E-state index in [1.165, 1.54) is 0 Å². The Labute approximate surface area is 92.2 Å². The number of nitrogens with zero attached hydrogens (tertiary/aromatic N) is 4. The minimum absolute atomic E-state index is 0.697. The van der Waals surface area contributed by atoms with Crippen molar-refractivity contribution in [2.45, 2.75) is 26.9 Å². The molecule has 0 saturated heterocycles. The lowest BCUT2D eigenvalue weighted by Gasteiger charge is -2.04. The summed E-state index contributed by atoms with van der Waals surface area (Å²) in [7, 11) is 0. The van der Waals surface area contributed by atoms with Crippen LogP contribution in [0.15, 0.2) is 11.7 Å². The SMILES string of the molecule is CCn1cnnc1NCc1csc(C)n1. The molecule has 2 rings (SSSR count). The van der Waals surface area contributed by atoms with Gasteiger partial charge in [-0.2, -0.15) is 0 Å². The van der Waals surface area contributed by atoms with Crippen LogP contribution in [0.5, 0.6) is 0 Å². The Hall–Kier alpha value is -1.43. The number of anilines is 1. The second kappa shape index (κ2) is 4.39. The molecule has 1 N–H and O–H groups in total. The molecule has 0 unspecified atom stereocenters. The number of thiazole rings is 1. The lowest BCUT2D eigenvalue weighted by molar-refractivity contribution is 0.759. The van der Waals surface area contributed by atoms with E-state index >= 15 is 0 Å². The normalized spacial score (nSPS) is 10.5. The van der Waals surface area contributed by atoms with Crippen LogP contribution in [0, 0.1) is 6.92 Å². The molecule has 0 bridgehead atoms. The van der Waals surface area contributed by atoms with Gasteiger partial charge in [-0.25, -0.2) is 4.98 Å². The van der Waals surface area contributed by atoms with Gasteiger partial charge in [0, 0.05) is 11.9 Å². The topological polar surface area (TPSA) is 55.6 Å². The molecule has 0 aromatic carbocycles. The van der Waals surface area contributed by atoms with E-state index in [1.807, 2.05) is 11.5 Å². The molecule has 0 fully saturated rings. The van der Waals surface area contributed by atoms with Crippen molar-refractivity contribution in [2.24, 2.45) is 0 Å². The van der Waals surface area contributed by atoms with Crippen LogP contribution in [0.3, 0.4) is 0 Å². The van der Waals surface area contributed by atoms with Gasteiger partial charge >= 0.3 is 0 Å². The van der Waals surface area contributed by atoms with E-state index in [9.17, 15) is 0 Å². The lowest BCUT2D eigenvalue weighted by atomic mass is 10.5. The summed E-state index contributed by atoms with van der Waals surface area (Å²) in [6.07, 6.45) is 1.72. The molecule has 0 aliphatic carbocycles. The summed E-state index contributed by atoms with van der Waals surface area (Å²) in [6, 6.07) is 0. The van der Waals surface area contributed by atoms with Crippen LogP contribution in [0.4, 0.5) is 5.95 Å². The van der Waals surface area contributed by atoms with Crippen molar-refractivity contribution in [3.63, 3.8) is 0 Å². The molecule has 0 aliphatic rings. The molecule has 2 aromatic heterocycles. The van der Waals surface area contributed by atoms with Gasteiger partial charge in [-0.1, -0.05) is 0 Å². The van der Waals surface area contributed by atoms with Gasteiger partial charge in [-0.3, -0.25) is 0 Å². The molecule has 2 heterocycles. The minimum atomic E-state index is 0.697. The average Bonchev–Trinajstić information content (AvgIpc) is 2.83. The van der Waals surface area contributed by atoms with Crippen LogP contribution in [0.25, 0.3) is 0 Å². The number of aryl methyl sites for hydroxylation is 2. The van der Waals surface area contributed by atoms with Gasteiger partial charge in [0.2, 0.25) is 5.95 Å². The highest BCUT2D eigenvalue weighted by Crippen LogP contribution is 2.10.